The van der Waals surface area contributed by atoms with E-state index in [1.807, 2.05) is 6.92 Å². The van der Waals surface area contributed by atoms with Crippen LogP contribution in [-0.4, -0.2) is 36.8 Å². The fourth-order valence-electron chi connectivity index (χ4n) is 2.31. The highest BCUT2D eigenvalue weighted by molar-refractivity contribution is 5.79. The first-order chi connectivity index (χ1) is 13.4. The second-order valence-electron chi connectivity index (χ2n) is 5.87. The summed E-state index contributed by atoms with van der Waals surface area (Å²) in [4.78, 5) is 8.14. The van der Waals surface area contributed by atoms with Crippen molar-refractivity contribution in [2.45, 2.75) is 26.1 Å². The topological polar surface area (TPSA) is 58.5 Å². The van der Waals surface area contributed by atoms with Crippen LogP contribution in [0.3, 0.4) is 0 Å². The molecule has 28 heavy (non-hydrogen) atoms. The highest BCUT2D eigenvalue weighted by atomic mass is 19.4. The average molecular weight is 398 g/mol. The van der Waals surface area contributed by atoms with Gasteiger partial charge in [-0.3, -0.25) is 0 Å². The Morgan fingerprint density at radius 2 is 1.96 bits per heavy atom. The van der Waals surface area contributed by atoms with Crippen molar-refractivity contribution in [3.05, 3.63) is 59.5 Å². The van der Waals surface area contributed by atoms with E-state index in [0.717, 1.165) is 0 Å². The summed E-state index contributed by atoms with van der Waals surface area (Å²) in [5.74, 6) is 0.158. The van der Waals surface area contributed by atoms with Crippen molar-refractivity contribution in [3.8, 4) is 5.88 Å². The molecule has 5 nitrogen and oxygen atoms in total. The first-order valence-electron chi connectivity index (χ1n) is 8.77. The molecule has 2 aromatic rings. The smallest absolute Gasteiger partial charge is 0.422 e. The largest absolute Gasteiger partial charge is 0.468 e. The molecule has 0 atom stereocenters. The third-order valence-corrected chi connectivity index (χ3v) is 3.59. The van der Waals surface area contributed by atoms with Gasteiger partial charge in [0.1, 0.15) is 5.82 Å². The number of rotatable bonds is 8. The quantitative estimate of drug-likeness (QED) is 0.406. The highest BCUT2D eigenvalue weighted by Gasteiger charge is 2.28. The minimum absolute atomic E-state index is 0.109. The summed E-state index contributed by atoms with van der Waals surface area (Å²) in [6.45, 7) is 1.83. The van der Waals surface area contributed by atoms with Crippen LogP contribution in [0, 0.1) is 5.82 Å². The predicted molar refractivity (Wildman–Crippen MR) is 98.7 cm³/mol. The third-order valence-electron chi connectivity index (χ3n) is 3.59. The van der Waals surface area contributed by atoms with E-state index in [2.05, 4.69) is 25.3 Å². The Morgan fingerprint density at radius 3 is 2.68 bits per heavy atom. The van der Waals surface area contributed by atoms with Gasteiger partial charge in [0.05, 0.1) is 6.54 Å². The fourth-order valence-corrected chi connectivity index (χ4v) is 2.31. The van der Waals surface area contributed by atoms with Gasteiger partial charge in [0, 0.05) is 25.4 Å². The van der Waals surface area contributed by atoms with Gasteiger partial charge in [0.25, 0.3) is 0 Å². The van der Waals surface area contributed by atoms with Gasteiger partial charge in [-0.1, -0.05) is 18.2 Å². The second-order valence-corrected chi connectivity index (χ2v) is 5.87. The number of aliphatic imine (C=N–C) groups is 1. The van der Waals surface area contributed by atoms with E-state index < -0.39 is 12.8 Å². The molecule has 0 radical (unpaired) electrons. The molecule has 9 heteroatoms. The Kier molecular flexibility index (Phi) is 8.03. The molecule has 1 aromatic carbocycles. The molecule has 0 saturated carbocycles. The van der Waals surface area contributed by atoms with Crippen molar-refractivity contribution in [1.29, 1.82) is 0 Å². The number of alkyl halides is 3. The zero-order valence-electron chi connectivity index (χ0n) is 15.4. The highest BCUT2D eigenvalue weighted by Crippen LogP contribution is 2.17. The average Bonchev–Trinajstić information content (AvgIpc) is 2.66. The summed E-state index contributed by atoms with van der Waals surface area (Å²) in [6.07, 6.45) is -2.56. The van der Waals surface area contributed by atoms with E-state index in [1.165, 1.54) is 18.3 Å². The van der Waals surface area contributed by atoms with Gasteiger partial charge in [0.2, 0.25) is 5.88 Å². The maximum Gasteiger partial charge on any atom is 0.422 e. The Hall–Kier alpha value is -2.84. The molecule has 0 fully saturated rings. The summed E-state index contributed by atoms with van der Waals surface area (Å²) in [7, 11) is 0. The van der Waals surface area contributed by atoms with Crippen molar-refractivity contribution < 1.29 is 22.3 Å². The molecule has 0 amide bonds. The molecule has 152 valence electrons. The number of hydrogen-bond acceptors (Lipinski definition) is 3. The van der Waals surface area contributed by atoms with Gasteiger partial charge >= 0.3 is 6.18 Å². The lowest BCUT2D eigenvalue weighted by atomic mass is 10.1. The van der Waals surface area contributed by atoms with Gasteiger partial charge in [-0.25, -0.2) is 14.4 Å². The molecular formula is C19H22F4N4O. The lowest BCUT2D eigenvalue weighted by molar-refractivity contribution is -0.154. The van der Waals surface area contributed by atoms with Crippen molar-refractivity contribution in [2.75, 3.05) is 19.7 Å². The normalized spacial score (nSPS) is 12.0. The van der Waals surface area contributed by atoms with Crippen LogP contribution in [0.25, 0.3) is 0 Å². The molecule has 0 aliphatic carbocycles. The van der Waals surface area contributed by atoms with Crippen LogP contribution in [0.5, 0.6) is 5.88 Å². The van der Waals surface area contributed by atoms with Crippen LogP contribution < -0.4 is 15.4 Å². The molecule has 0 unspecified atom stereocenters. The van der Waals surface area contributed by atoms with E-state index in [1.54, 1.807) is 24.3 Å². The zero-order valence-corrected chi connectivity index (χ0v) is 15.4. The van der Waals surface area contributed by atoms with Gasteiger partial charge in [-0.15, -0.1) is 0 Å². The van der Waals surface area contributed by atoms with Crippen LogP contribution >= 0.6 is 0 Å². The molecule has 0 bridgehead atoms. The fraction of sp³-hybridized carbons (Fsp3) is 0.368. The molecule has 0 aliphatic heterocycles. The molecular weight excluding hydrogens is 376 g/mol. The molecule has 0 aliphatic rings. The number of halogens is 4. The summed E-state index contributed by atoms with van der Waals surface area (Å²) in [5, 5.41) is 6.17. The van der Waals surface area contributed by atoms with Crippen molar-refractivity contribution in [2.24, 2.45) is 4.99 Å². The second kappa shape index (κ2) is 10.5. The van der Waals surface area contributed by atoms with Crippen LogP contribution in [0.1, 0.15) is 18.1 Å². The van der Waals surface area contributed by atoms with Gasteiger partial charge in [-0.2, -0.15) is 13.2 Å². The maximum absolute atomic E-state index is 13.6. The van der Waals surface area contributed by atoms with Crippen molar-refractivity contribution >= 4 is 5.96 Å². The summed E-state index contributed by atoms with van der Waals surface area (Å²) in [5.41, 5.74) is 1.25. The van der Waals surface area contributed by atoms with E-state index in [4.69, 9.17) is 0 Å². The minimum Gasteiger partial charge on any atom is -0.468 e. The minimum atomic E-state index is -4.42. The van der Waals surface area contributed by atoms with Gasteiger partial charge in [0.15, 0.2) is 12.6 Å². The Labute approximate surface area is 160 Å². The van der Waals surface area contributed by atoms with Crippen LogP contribution in [0.4, 0.5) is 17.6 Å². The standard InChI is InChI=1S/C19H22F4N4O/c1-2-24-18(26-10-8-15-5-3-4-6-16(15)20)27-12-14-7-9-25-17(11-14)28-13-19(21,22)23/h3-7,9,11H,2,8,10,12-13H2,1H3,(H2,24,26,27). The first-order valence-corrected chi connectivity index (χ1v) is 8.77. The van der Waals surface area contributed by atoms with Crippen LogP contribution in [0.15, 0.2) is 47.6 Å². The maximum atomic E-state index is 13.6. The van der Waals surface area contributed by atoms with Crippen molar-refractivity contribution in [1.82, 2.24) is 15.6 Å². The summed E-state index contributed by atoms with van der Waals surface area (Å²) in [6, 6.07) is 9.61. The number of nitrogens with zero attached hydrogens (tertiary/aromatic N) is 2. The number of benzene rings is 1. The molecule has 0 saturated heterocycles. The van der Waals surface area contributed by atoms with E-state index in [-0.39, 0.29) is 18.2 Å². The summed E-state index contributed by atoms with van der Waals surface area (Å²) < 4.78 is 55.0. The lowest BCUT2D eigenvalue weighted by Crippen LogP contribution is -2.38. The number of ether oxygens (including phenoxy) is 1. The number of pyridine rings is 1. The van der Waals surface area contributed by atoms with E-state index >= 15 is 0 Å². The van der Waals surface area contributed by atoms with Gasteiger partial charge in [-0.05, 0) is 36.6 Å². The van der Waals surface area contributed by atoms with Crippen molar-refractivity contribution in [3.63, 3.8) is 0 Å². The Morgan fingerprint density at radius 1 is 1.18 bits per heavy atom. The lowest BCUT2D eigenvalue weighted by Gasteiger charge is -2.12. The number of nitrogens with one attached hydrogen (secondary N) is 2. The third kappa shape index (κ3) is 7.81. The Balaban J connectivity index is 1.91. The molecule has 2 N–H and O–H groups in total. The van der Waals surface area contributed by atoms with E-state index in [0.29, 0.717) is 36.6 Å². The Bertz CT molecular complexity index is 781. The first kappa shape index (κ1) is 21.5. The number of aromatic nitrogens is 1. The van der Waals surface area contributed by atoms with E-state index in [9.17, 15) is 17.6 Å². The molecule has 1 aromatic heterocycles. The molecule has 1 heterocycles. The predicted octanol–water partition coefficient (Wildman–Crippen LogP) is 3.46. The monoisotopic (exact) mass is 398 g/mol. The SMILES string of the molecule is CCNC(=NCc1ccnc(OCC(F)(F)F)c1)NCCc1ccccc1F. The molecule has 0 spiro atoms. The number of guanidine groups is 1. The molecule has 2 rings (SSSR count). The number of hydrogen-bond donors (Lipinski definition) is 2. The summed E-state index contributed by atoms with van der Waals surface area (Å²) >= 11 is 0. The van der Waals surface area contributed by atoms with Crippen LogP contribution in [-0.2, 0) is 13.0 Å². The zero-order chi connectivity index (χ0) is 20.4. The van der Waals surface area contributed by atoms with Crippen LogP contribution in [0.2, 0.25) is 0 Å². The van der Waals surface area contributed by atoms with Gasteiger partial charge < -0.3 is 15.4 Å².